The van der Waals surface area contributed by atoms with Gasteiger partial charge in [0.25, 0.3) is 0 Å². The van der Waals surface area contributed by atoms with Crippen LogP contribution >= 0.6 is 0 Å². The SMILES string of the molecule is CC[C@@H](O)CCNC(=O)Nc1ccc(F)cn1. The number of halogens is 1. The van der Waals surface area contributed by atoms with Gasteiger partial charge in [0.15, 0.2) is 0 Å². The number of pyridine rings is 1. The van der Waals surface area contributed by atoms with Crippen molar-refractivity contribution in [3.63, 3.8) is 0 Å². The van der Waals surface area contributed by atoms with Crippen LogP contribution in [0.4, 0.5) is 15.0 Å². The molecule has 0 aliphatic heterocycles. The van der Waals surface area contributed by atoms with E-state index in [0.717, 1.165) is 6.20 Å². The van der Waals surface area contributed by atoms with Crippen LogP contribution < -0.4 is 10.6 Å². The van der Waals surface area contributed by atoms with E-state index in [2.05, 4.69) is 15.6 Å². The molecule has 0 bridgehead atoms. The van der Waals surface area contributed by atoms with Gasteiger partial charge in [-0.05, 0) is 25.0 Å². The number of nitrogens with one attached hydrogen (secondary N) is 2. The Morgan fingerprint density at radius 2 is 2.35 bits per heavy atom. The second-order valence-corrected chi connectivity index (χ2v) is 3.59. The Bertz CT molecular complexity index is 356. The molecular weight excluding hydrogens is 225 g/mol. The zero-order valence-electron chi connectivity index (χ0n) is 9.61. The van der Waals surface area contributed by atoms with E-state index < -0.39 is 18.0 Å². The summed E-state index contributed by atoms with van der Waals surface area (Å²) in [5, 5.41) is 14.3. The monoisotopic (exact) mass is 241 g/mol. The fraction of sp³-hybridized carbons (Fsp3) is 0.455. The average Bonchev–Trinajstić information content (AvgIpc) is 2.32. The summed E-state index contributed by atoms with van der Waals surface area (Å²) in [6, 6.07) is 2.16. The van der Waals surface area contributed by atoms with E-state index in [1.807, 2.05) is 6.92 Å². The molecule has 3 N–H and O–H groups in total. The summed E-state index contributed by atoms with van der Waals surface area (Å²) in [5.41, 5.74) is 0. The number of anilines is 1. The predicted molar refractivity (Wildman–Crippen MR) is 62.1 cm³/mol. The van der Waals surface area contributed by atoms with Gasteiger partial charge in [-0.1, -0.05) is 6.92 Å². The number of aromatic nitrogens is 1. The summed E-state index contributed by atoms with van der Waals surface area (Å²) in [6.45, 7) is 2.25. The highest BCUT2D eigenvalue weighted by Gasteiger charge is 2.04. The van der Waals surface area contributed by atoms with Crippen LogP contribution in [0.25, 0.3) is 0 Å². The lowest BCUT2D eigenvalue weighted by Crippen LogP contribution is -2.31. The van der Waals surface area contributed by atoms with E-state index in [9.17, 15) is 14.3 Å². The van der Waals surface area contributed by atoms with Gasteiger partial charge < -0.3 is 10.4 Å². The fourth-order valence-corrected chi connectivity index (χ4v) is 1.17. The Labute approximate surface area is 99.1 Å². The van der Waals surface area contributed by atoms with E-state index in [-0.39, 0.29) is 5.82 Å². The second kappa shape index (κ2) is 6.80. The van der Waals surface area contributed by atoms with Crippen LogP contribution in [-0.4, -0.2) is 28.8 Å². The van der Waals surface area contributed by atoms with Gasteiger partial charge in [0.05, 0.1) is 12.3 Å². The van der Waals surface area contributed by atoms with Gasteiger partial charge in [-0.3, -0.25) is 5.32 Å². The second-order valence-electron chi connectivity index (χ2n) is 3.59. The van der Waals surface area contributed by atoms with Crippen molar-refractivity contribution < 1.29 is 14.3 Å². The van der Waals surface area contributed by atoms with E-state index in [1.54, 1.807) is 0 Å². The maximum atomic E-state index is 12.5. The standard InChI is InChI=1S/C11H16FN3O2/c1-2-9(16)5-6-13-11(17)15-10-4-3-8(12)7-14-10/h3-4,7,9,16H,2,5-6H2,1H3,(H2,13,14,15,17)/t9-/m1/s1. The van der Waals surface area contributed by atoms with Crippen LogP contribution in [0.3, 0.4) is 0 Å². The van der Waals surface area contributed by atoms with E-state index in [0.29, 0.717) is 19.4 Å². The number of aliphatic hydroxyl groups is 1. The molecule has 94 valence electrons. The van der Waals surface area contributed by atoms with Crippen molar-refractivity contribution in [3.8, 4) is 0 Å². The normalized spacial score (nSPS) is 11.9. The molecular formula is C11H16FN3O2. The maximum absolute atomic E-state index is 12.5. The van der Waals surface area contributed by atoms with Gasteiger partial charge in [-0.15, -0.1) is 0 Å². The molecule has 6 heteroatoms. The molecule has 0 aliphatic rings. The minimum absolute atomic E-state index is 0.278. The Balaban J connectivity index is 2.27. The molecule has 0 saturated heterocycles. The Morgan fingerprint density at radius 3 is 2.94 bits per heavy atom. The molecule has 1 atom stereocenters. The van der Waals surface area contributed by atoms with Crippen LogP contribution in [0.1, 0.15) is 19.8 Å². The molecule has 0 aliphatic carbocycles. The molecule has 1 rings (SSSR count). The molecule has 0 radical (unpaired) electrons. The van der Waals surface area contributed by atoms with Crippen molar-refractivity contribution in [2.45, 2.75) is 25.9 Å². The Hall–Kier alpha value is -1.69. The summed E-state index contributed by atoms with van der Waals surface area (Å²) >= 11 is 0. The van der Waals surface area contributed by atoms with Crippen LogP contribution in [0.5, 0.6) is 0 Å². The van der Waals surface area contributed by atoms with Crippen molar-refractivity contribution in [3.05, 3.63) is 24.1 Å². The van der Waals surface area contributed by atoms with Crippen molar-refractivity contribution >= 4 is 11.8 Å². The summed E-state index contributed by atoms with van der Waals surface area (Å²) < 4.78 is 12.5. The molecule has 0 aromatic carbocycles. The lowest BCUT2D eigenvalue weighted by molar-refractivity contribution is 0.160. The molecule has 5 nitrogen and oxygen atoms in total. The Morgan fingerprint density at radius 1 is 1.59 bits per heavy atom. The summed E-state index contributed by atoms with van der Waals surface area (Å²) in [5.74, 6) is -0.179. The first-order valence-corrected chi connectivity index (χ1v) is 5.46. The average molecular weight is 241 g/mol. The number of amides is 2. The molecule has 17 heavy (non-hydrogen) atoms. The summed E-state index contributed by atoms with van der Waals surface area (Å²) in [7, 11) is 0. The highest BCUT2D eigenvalue weighted by molar-refractivity contribution is 5.88. The van der Waals surface area contributed by atoms with Gasteiger partial charge in [0.1, 0.15) is 11.6 Å². The highest BCUT2D eigenvalue weighted by Crippen LogP contribution is 2.03. The summed E-state index contributed by atoms with van der Waals surface area (Å²) in [4.78, 5) is 15.0. The molecule has 2 amide bonds. The number of aliphatic hydroxyl groups excluding tert-OH is 1. The lowest BCUT2D eigenvalue weighted by Gasteiger charge is -2.09. The van der Waals surface area contributed by atoms with Crippen molar-refractivity contribution in [2.75, 3.05) is 11.9 Å². The van der Waals surface area contributed by atoms with Crippen LogP contribution in [-0.2, 0) is 0 Å². The number of hydrogen-bond acceptors (Lipinski definition) is 3. The molecule has 1 heterocycles. The predicted octanol–water partition coefficient (Wildman–Crippen LogP) is 1.50. The lowest BCUT2D eigenvalue weighted by atomic mass is 10.2. The number of nitrogens with zero attached hydrogens (tertiary/aromatic N) is 1. The third-order valence-corrected chi connectivity index (χ3v) is 2.20. The smallest absolute Gasteiger partial charge is 0.320 e. The number of carbonyl (C=O) groups excluding carboxylic acids is 1. The van der Waals surface area contributed by atoms with Gasteiger partial charge in [0, 0.05) is 6.54 Å². The van der Waals surface area contributed by atoms with Gasteiger partial charge in [-0.25, -0.2) is 14.2 Å². The minimum Gasteiger partial charge on any atom is -0.393 e. The van der Waals surface area contributed by atoms with Crippen molar-refractivity contribution in [1.82, 2.24) is 10.3 Å². The number of urea groups is 1. The number of hydrogen-bond donors (Lipinski definition) is 3. The number of rotatable bonds is 5. The third-order valence-electron chi connectivity index (χ3n) is 2.20. The third kappa shape index (κ3) is 5.26. The van der Waals surface area contributed by atoms with Gasteiger partial charge in [0.2, 0.25) is 0 Å². The summed E-state index contributed by atoms with van der Waals surface area (Å²) in [6.07, 6.45) is 1.78. The first-order chi connectivity index (χ1) is 8.11. The molecule has 0 saturated carbocycles. The molecule has 0 spiro atoms. The molecule has 0 fully saturated rings. The quantitative estimate of drug-likeness (QED) is 0.731. The molecule has 0 unspecified atom stereocenters. The van der Waals surface area contributed by atoms with Gasteiger partial charge >= 0.3 is 6.03 Å². The van der Waals surface area contributed by atoms with Crippen LogP contribution in [0.15, 0.2) is 18.3 Å². The van der Waals surface area contributed by atoms with Gasteiger partial charge in [-0.2, -0.15) is 0 Å². The maximum Gasteiger partial charge on any atom is 0.320 e. The van der Waals surface area contributed by atoms with Crippen molar-refractivity contribution in [2.24, 2.45) is 0 Å². The number of carbonyl (C=O) groups is 1. The zero-order chi connectivity index (χ0) is 12.7. The largest absolute Gasteiger partial charge is 0.393 e. The zero-order valence-corrected chi connectivity index (χ0v) is 9.61. The first-order valence-electron chi connectivity index (χ1n) is 5.46. The Kier molecular flexibility index (Phi) is 5.35. The topological polar surface area (TPSA) is 74.2 Å². The van der Waals surface area contributed by atoms with E-state index >= 15 is 0 Å². The first kappa shape index (κ1) is 13.4. The van der Waals surface area contributed by atoms with E-state index in [4.69, 9.17) is 0 Å². The fourth-order valence-electron chi connectivity index (χ4n) is 1.17. The molecule has 1 aromatic heterocycles. The highest BCUT2D eigenvalue weighted by atomic mass is 19.1. The minimum atomic E-state index is -0.456. The molecule has 1 aromatic rings. The van der Waals surface area contributed by atoms with Crippen LogP contribution in [0, 0.1) is 5.82 Å². The van der Waals surface area contributed by atoms with E-state index in [1.165, 1.54) is 12.1 Å². The van der Waals surface area contributed by atoms with Crippen LogP contribution in [0.2, 0.25) is 0 Å². The van der Waals surface area contributed by atoms with Crippen molar-refractivity contribution in [1.29, 1.82) is 0 Å².